The highest BCUT2D eigenvalue weighted by Gasteiger charge is 2.23. The van der Waals surface area contributed by atoms with Crippen LogP contribution in [0.15, 0.2) is 0 Å². The molecule has 0 aromatic rings. The van der Waals surface area contributed by atoms with Gasteiger partial charge in [-0.1, -0.05) is 6.42 Å². The van der Waals surface area contributed by atoms with Crippen molar-refractivity contribution in [3.63, 3.8) is 0 Å². The predicted octanol–water partition coefficient (Wildman–Crippen LogP) is 0.888. The molecule has 1 rings (SSSR count). The number of carbonyl (C=O) groups excluding carboxylic acids is 1. The van der Waals surface area contributed by atoms with Gasteiger partial charge in [0.2, 0.25) is 5.91 Å². The number of amides is 1. The lowest BCUT2D eigenvalue weighted by atomic mass is 10.0. The molecule has 0 aromatic heterocycles. The van der Waals surface area contributed by atoms with E-state index in [4.69, 9.17) is 5.73 Å². The van der Waals surface area contributed by atoms with E-state index in [2.05, 4.69) is 5.32 Å². The molecule has 3 N–H and O–H groups in total. The molecular weight excluding hydrogens is 164 g/mol. The topological polar surface area (TPSA) is 55.1 Å². The first-order valence-corrected chi connectivity index (χ1v) is 5.17. The second-order valence-electron chi connectivity index (χ2n) is 4.06. The minimum Gasteiger partial charge on any atom is -0.356 e. The van der Waals surface area contributed by atoms with Crippen molar-refractivity contribution in [3.8, 4) is 0 Å². The van der Waals surface area contributed by atoms with Gasteiger partial charge in [-0.05, 0) is 37.6 Å². The van der Waals surface area contributed by atoms with E-state index in [0.29, 0.717) is 5.92 Å². The van der Waals surface area contributed by atoms with E-state index in [9.17, 15) is 4.79 Å². The fourth-order valence-corrected chi connectivity index (χ4v) is 2.15. The van der Waals surface area contributed by atoms with Gasteiger partial charge in [0.05, 0.1) is 0 Å². The van der Waals surface area contributed by atoms with Crippen molar-refractivity contribution in [2.75, 3.05) is 13.1 Å². The van der Waals surface area contributed by atoms with E-state index in [-0.39, 0.29) is 5.91 Å². The smallest absolute Gasteiger partial charge is 0.216 e. The van der Waals surface area contributed by atoms with E-state index in [1.807, 2.05) is 0 Å². The lowest BCUT2D eigenvalue weighted by Gasteiger charge is -2.10. The van der Waals surface area contributed by atoms with E-state index >= 15 is 0 Å². The summed E-state index contributed by atoms with van der Waals surface area (Å²) >= 11 is 0. The maximum Gasteiger partial charge on any atom is 0.216 e. The molecular formula is C10H20N2O. The molecule has 1 fully saturated rings. The average molecular weight is 184 g/mol. The minimum absolute atomic E-state index is 0.0854. The highest BCUT2D eigenvalue weighted by Crippen LogP contribution is 2.32. The lowest BCUT2D eigenvalue weighted by Crippen LogP contribution is -2.25. The molecule has 0 spiro atoms. The SMILES string of the molecule is CC(=O)NCC1CCC(CCN)C1. The molecule has 76 valence electrons. The molecule has 0 bridgehead atoms. The van der Waals surface area contributed by atoms with Crippen LogP contribution in [-0.4, -0.2) is 19.0 Å². The fraction of sp³-hybridized carbons (Fsp3) is 0.900. The van der Waals surface area contributed by atoms with Crippen LogP contribution in [0, 0.1) is 11.8 Å². The Kier molecular flexibility index (Phi) is 4.22. The van der Waals surface area contributed by atoms with Gasteiger partial charge in [-0.25, -0.2) is 0 Å². The van der Waals surface area contributed by atoms with Gasteiger partial charge in [0.25, 0.3) is 0 Å². The maximum atomic E-state index is 10.7. The Morgan fingerprint density at radius 1 is 1.46 bits per heavy atom. The third-order valence-corrected chi connectivity index (χ3v) is 2.86. The second-order valence-corrected chi connectivity index (χ2v) is 4.06. The zero-order valence-corrected chi connectivity index (χ0v) is 8.38. The highest BCUT2D eigenvalue weighted by molar-refractivity contribution is 5.72. The summed E-state index contributed by atoms with van der Waals surface area (Å²) < 4.78 is 0. The number of hydrogen-bond donors (Lipinski definition) is 2. The van der Waals surface area contributed by atoms with Gasteiger partial charge >= 0.3 is 0 Å². The summed E-state index contributed by atoms with van der Waals surface area (Å²) in [4.78, 5) is 10.7. The van der Waals surface area contributed by atoms with Crippen molar-refractivity contribution < 1.29 is 4.79 Å². The van der Waals surface area contributed by atoms with Crippen molar-refractivity contribution in [3.05, 3.63) is 0 Å². The maximum absolute atomic E-state index is 10.7. The van der Waals surface area contributed by atoms with Crippen molar-refractivity contribution in [2.45, 2.75) is 32.6 Å². The van der Waals surface area contributed by atoms with Crippen LogP contribution in [0.5, 0.6) is 0 Å². The summed E-state index contributed by atoms with van der Waals surface area (Å²) in [6.07, 6.45) is 4.94. The van der Waals surface area contributed by atoms with Crippen molar-refractivity contribution in [1.82, 2.24) is 5.32 Å². The van der Waals surface area contributed by atoms with Gasteiger partial charge in [0, 0.05) is 13.5 Å². The first-order valence-electron chi connectivity index (χ1n) is 5.17. The van der Waals surface area contributed by atoms with Gasteiger partial charge < -0.3 is 11.1 Å². The van der Waals surface area contributed by atoms with Crippen molar-refractivity contribution >= 4 is 5.91 Å². The minimum atomic E-state index is 0.0854. The molecule has 0 radical (unpaired) electrons. The number of nitrogens with one attached hydrogen (secondary N) is 1. The first kappa shape index (κ1) is 10.5. The van der Waals surface area contributed by atoms with Crippen LogP contribution >= 0.6 is 0 Å². The monoisotopic (exact) mass is 184 g/mol. The predicted molar refractivity (Wildman–Crippen MR) is 53.2 cm³/mol. The molecule has 0 heterocycles. The Labute approximate surface area is 80.1 Å². The van der Waals surface area contributed by atoms with Crippen LogP contribution in [0.2, 0.25) is 0 Å². The molecule has 1 aliphatic carbocycles. The molecule has 1 aliphatic rings. The molecule has 1 amide bonds. The van der Waals surface area contributed by atoms with E-state index < -0.39 is 0 Å². The molecule has 0 saturated heterocycles. The summed E-state index contributed by atoms with van der Waals surface area (Å²) in [6.45, 7) is 3.24. The molecule has 13 heavy (non-hydrogen) atoms. The van der Waals surface area contributed by atoms with Crippen molar-refractivity contribution in [1.29, 1.82) is 0 Å². The molecule has 2 unspecified atom stereocenters. The Balaban J connectivity index is 2.13. The Morgan fingerprint density at radius 3 is 2.77 bits per heavy atom. The molecule has 2 atom stereocenters. The normalized spacial score (nSPS) is 27.5. The van der Waals surface area contributed by atoms with Gasteiger partial charge in [-0.2, -0.15) is 0 Å². The largest absolute Gasteiger partial charge is 0.356 e. The molecule has 3 nitrogen and oxygen atoms in total. The highest BCUT2D eigenvalue weighted by atomic mass is 16.1. The summed E-state index contributed by atoms with van der Waals surface area (Å²) in [5, 5.41) is 2.88. The molecule has 0 aliphatic heterocycles. The van der Waals surface area contributed by atoms with E-state index in [1.54, 1.807) is 6.92 Å². The standard InChI is InChI=1S/C10H20N2O/c1-8(13)12-7-10-3-2-9(6-10)4-5-11/h9-10H,2-7,11H2,1H3,(H,12,13). The Morgan fingerprint density at radius 2 is 2.15 bits per heavy atom. The Bertz CT molecular complexity index is 170. The summed E-state index contributed by atoms with van der Waals surface area (Å²) in [7, 11) is 0. The summed E-state index contributed by atoms with van der Waals surface area (Å²) in [6, 6.07) is 0. The molecule has 1 saturated carbocycles. The number of carbonyl (C=O) groups is 1. The molecule has 3 heteroatoms. The van der Waals surface area contributed by atoms with Crippen LogP contribution in [-0.2, 0) is 4.79 Å². The van der Waals surface area contributed by atoms with Crippen molar-refractivity contribution in [2.24, 2.45) is 17.6 Å². The summed E-state index contributed by atoms with van der Waals surface area (Å²) in [5.41, 5.74) is 5.51. The van der Waals surface area contributed by atoms with Gasteiger partial charge in [0.1, 0.15) is 0 Å². The van der Waals surface area contributed by atoms with Crippen LogP contribution in [0.25, 0.3) is 0 Å². The van der Waals surface area contributed by atoms with Crippen LogP contribution in [0.3, 0.4) is 0 Å². The van der Waals surface area contributed by atoms with Gasteiger partial charge in [0.15, 0.2) is 0 Å². The Hall–Kier alpha value is -0.570. The lowest BCUT2D eigenvalue weighted by molar-refractivity contribution is -0.119. The van der Waals surface area contributed by atoms with E-state index in [1.165, 1.54) is 19.3 Å². The quantitative estimate of drug-likeness (QED) is 0.681. The third-order valence-electron chi connectivity index (χ3n) is 2.86. The van der Waals surface area contributed by atoms with Gasteiger partial charge in [-0.3, -0.25) is 4.79 Å². The number of nitrogens with two attached hydrogens (primary N) is 1. The fourth-order valence-electron chi connectivity index (χ4n) is 2.15. The summed E-state index contributed by atoms with van der Waals surface area (Å²) in [5.74, 6) is 1.59. The van der Waals surface area contributed by atoms with E-state index in [0.717, 1.165) is 25.4 Å². The zero-order chi connectivity index (χ0) is 9.68. The van der Waals surface area contributed by atoms with Gasteiger partial charge in [-0.15, -0.1) is 0 Å². The van der Waals surface area contributed by atoms with Crippen LogP contribution < -0.4 is 11.1 Å². The first-order chi connectivity index (χ1) is 6.22. The third kappa shape index (κ3) is 3.77. The zero-order valence-electron chi connectivity index (χ0n) is 8.38. The van der Waals surface area contributed by atoms with Crippen LogP contribution in [0.1, 0.15) is 32.6 Å². The molecule has 0 aromatic carbocycles. The van der Waals surface area contributed by atoms with Crippen LogP contribution in [0.4, 0.5) is 0 Å². The number of rotatable bonds is 4. The average Bonchev–Trinajstić information content (AvgIpc) is 2.50. The number of hydrogen-bond acceptors (Lipinski definition) is 2. The second kappa shape index (κ2) is 5.22.